The first-order valence-corrected chi connectivity index (χ1v) is 7.86. The van der Waals surface area contributed by atoms with E-state index in [4.69, 9.17) is 14.6 Å². The molecule has 0 aliphatic carbocycles. The standard InChI is InChI=1S/C18H14F6O3/c1-18(17(23)24,11-12(19)14(21)16(25)15(22)13(11)20)8-2-4-9(5-3-8)26-6-10-7-27-10/h2-5,10,17,25H,6-7H2,1H3. The van der Waals surface area contributed by atoms with Crippen molar-refractivity contribution in [1.29, 1.82) is 0 Å². The normalized spacial score (nSPS) is 18.4. The quantitative estimate of drug-likeness (QED) is 0.453. The van der Waals surface area contributed by atoms with Crippen molar-refractivity contribution in [3.63, 3.8) is 0 Å². The summed E-state index contributed by atoms with van der Waals surface area (Å²) < 4.78 is 93.8. The monoisotopic (exact) mass is 392 g/mol. The third kappa shape index (κ3) is 3.31. The molecule has 146 valence electrons. The zero-order valence-corrected chi connectivity index (χ0v) is 13.9. The van der Waals surface area contributed by atoms with Gasteiger partial charge in [0.2, 0.25) is 11.6 Å². The Morgan fingerprint density at radius 1 is 1.07 bits per heavy atom. The van der Waals surface area contributed by atoms with E-state index in [0.717, 1.165) is 19.1 Å². The van der Waals surface area contributed by atoms with E-state index in [9.17, 15) is 26.3 Å². The Hall–Kier alpha value is -2.42. The molecular formula is C18H14F6O3. The fourth-order valence-corrected chi connectivity index (χ4v) is 2.71. The van der Waals surface area contributed by atoms with Gasteiger partial charge in [-0.25, -0.2) is 17.6 Å². The van der Waals surface area contributed by atoms with Crippen LogP contribution in [0.4, 0.5) is 26.3 Å². The molecule has 1 N–H and O–H groups in total. The maximum Gasteiger partial charge on any atom is 0.252 e. The zero-order valence-electron chi connectivity index (χ0n) is 13.9. The van der Waals surface area contributed by atoms with Crippen molar-refractivity contribution in [2.45, 2.75) is 24.9 Å². The van der Waals surface area contributed by atoms with Gasteiger partial charge in [-0.1, -0.05) is 12.1 Å². The van der Waals surface area contributed by atoms with Crippen molar-refractivity contribution < 1.29 is 40.9 Å². The molecule has 3 rings (SSSR count). The second kappa shape index (κ2) is 6.95. The van der Waals surface area contributed by atoms with E-state index in [2.05, 4.69) is 0 Å². The highest BCUT2D eigenvalue weighted by atomic mass is 19.3. The predicted molar refractivity (Wildman–Crippen MR) is 82.1 cm³/mol. The highest BCUT2D eigenvalue weighted by Gasteiger charge is 2.45. The molecule has 9 heteroatoms. The molecule has 0 aromatic heterocycles. The first-order chi connectivity index (χ1) is 12.7. The minimum absolute atomic E-state index is 0.0397. The molecule has 2 aromatic carbocycles. The van der Waals surface area contributed by atoms with E-state index >= 15 is 0 Å². The smallest absolute Gasteiger partial charge is 0.252 e. The number of halogens is 6. The van der Waals surface area contributed by atoms with Crippen LogP contribution in [0.25, 0.3) is 0 Å². The summed E-state index contributed by atoms with van der Waals surface area (Å²) in [6.07, 6.45) is -3.46. The predicted octanol–water partition coefficient (Wildman–Crippen LogP) is 4.30. The van der Waals surface area contributed by atoms with Gasteiger partial charge in [-0.05, 0) is 24.6 Å². The van der Waals surface area contributed by atoms with Crippen molar-refractivity contribution in [1.82, 2.24) is 0 Å². The number of phenolic OH excluding ortho intramolecular Hbond substituents is 1. The molecule has 2 aromatic rings. The number of ether oxygens (including phenoxy) is 2. The number of alkyl halides is 2. The third-order valence-electron chi connectivity index (χ3n) is 4.49. The van der Waals surface area contributed by atoms with Gasteiger partial charge in [-0.15, -0.1) is 0 Å². The van der Waals surface area contributed by atoms with E-state index in [1.807, 2.05) is 0 Å². The summed E-state index contributed by atoms with van der Waals surface area (Å²) in [7, 11) is 0. The van der Waals surface area contributed by atoms with Crippen LogP contribution in [0.3, 0.4) is 0 Å². The number of aromatic hydroxyl groups is 1. The van der Waals surface area contributed by atoms with E-state index in [1.165, 1.54) is 12.1 Å². The van der Waals surface area contributed by atoms with E-state index < -0.39 is 46.4 Å². The molecule has 27 heavy (non-hydrogen) atoms. The van der Waals surface area contributed by atoms with Crippen molar-refractivity contribution in [2.24, 2.45) is 0 Å². The summed E-state index contributed by atoms with van der Waals surface area (Å²) in [5, 5.41) is 9.07. The molecule has 1 aliphatic rings. The number of rotatable bonds is 6. The third-order valence-corrected chi connectivity index (χ3v) is 4.49. The van der Waals surface area contributed by atoms with Gasteiger partial charge in [0.1, 0.15) is 18.5 Å². The van der Waals surface area contributed by atoms with E-state index in [1.54, 1.807) is 0 Å². The molecule has 1 heterocycles. The Balaban J connectivity index is 2.06. The molecule has 0 radical (unpaired) electrons. The average Bonchev–Trinajstić information content (AvgIpc) is 3.47. The van der Waals surface area contributed by atoms with E-state index in [0.29, 0.717) is 12.4 Å². The number of hydrogen-bond donors (Lipinski definition) is 1. The summed E-state index contributed by atoms with van der Waals surface area (Å²) >= 11 is 0. The van der Waals surface area contributed by atoms with Gasteiger partial charge in [-0.3, -0.25) is 0 Å². The summed E-state index contributed by atoms with van der Waals surface area (Å²) in [6, 6.07) is 4.83. The van der Waals surface area contributed by atoms with Crippen LogP contribution in [-0.4, -0.2) is 30.8 Å². The molecule has 0 amide bonds. The zero-order chi connectivity index (χ0) is 19.9. The van der Waals surface area contributed by atoms with Crippen molar-refractivity contribution in [3.05, 3.63) is 58.7 Å². The van der Waals surface area contributed by atoms with Gasteiger partial charge < -0.3 is 14.6 Å². The largest absolute Gasteiger partial charge is 0.503 e. The van der Waals surface area contributed by atoms with Crippen LogP contribution in [0.1, 0.15) is 18.1 Å². The van der Waals surface area contributed by atoms with Crippen molar-refractivity contribution in [2.75, 3.05) is 13.2 Å². The first kappa shape index (κ1) is 19.3. The molecule has 1 fully saturated rings. The summed E-state index contributed by atoms with van der Waals surface area (Å²) in [4.78, 5) is 0. The van der Waals surface area contributed by atoms with Gasteiger partial charge in [0.15, 0.2) is 17.4 Å². The second-order valence-electron chi connectivity index (χ2n) is 6.27. The topological polar surface area (TPSA) is 42.0 Å². The van der Waals surface area contributed by atoms with Crippen LogP contribution in [0.5, 0.6) is 11.5 Å². The second-order valence-corrected chi connectivity index (χ2v) is 6.27. The molecule has 1 aliphatic heterocycles. The molecular weight excluding hydrogens is 378 g/mol. The van der Waals surface area contributed by atoms with Gasteiger partial charge >= 0.3 is 0 Å². The summed E-state index contributed by atoms with van der Waals surface area (Å²) in [5.74, 6) is -10.0. The molecule has 0 saturated carbocycles. The minimum atomic E-state index is -3.42. The lowest BCUT2D eigenvalue weighted by Gasteiger charge is -2.31. The van der Waals surface area contributed by atoms with Gasteiger partial charge in [0.25, 0.3) is 6.43 Å². The molecule has 2 atom stereocenters. The minimum Gasteiger partial charge on any atom is -0.503 e. The highest BCUT2D eigenvalue weighted by Crippen LogP contribution is 2.43. The Kier molecular flexibility index (Phi) is 4.98. The number of hydrogen-bond acceptors (Lipinski definition) is 3. The SMILES string of the molecule is CC(c1ccc(OCC2CO2)cc1)(c1c(F)c(F)c(O)c(F)c1F)C(F)F. The molecule has 0 spiro atoms. The fourth-order valence-electron chi connectivity index (χ4n) is 2.71. The van der Waals surface area contributed by atoms with Gasteiger partial charge in [0, 0.05) is 5.56 Å². The van der Waals surface area contributed by atoms with Crippen LogP contribution in [0.2, 0.25) is 0 Å². The number of epoxide rings is 1. The summed E-state index contributed by atoms with van der Waals surface area (Å²) in [6.45, 7) is 1.56. The van der Waals surface area contributed by atoms with Crippen LogP contribution >= 0.6 is 0 Å². The Labute approximate surface area is 150 Å². The lowest BCUT2D eigenvalue weighted by Crippen LogP contribution is -2.35. The maximum absolute atomic E-state index is 14.2. The van der Waals surface area contributed by atoms with Gasteiger partial charge in [-0.2, -0.15) is 8.78 Å². The van der Waals surface area contributed by atoms with Crippen LogP contribution in [0.15, 0.2) is 24.3 Å². The van der Waals surface area contributed by atoms with E-state index in [-0.39, 0.29) is 18.3 Å². The van der Waals surface area contributed by atoms with Crippen LogP contribution in [0, 0.1) is 23.3 Å². The van der Waals surface area contributed by atoms with Crippen LogP contribution < -0.4 is 4.74 Å². The van der Waals surface area contributed by atoms with Crippen LogP contribution in [-0.2, 0) is 10.2 Å². The molecule has 0 bridgehead atoms. The van der Waals surface area contributed by atoms with Crippen molar-refractivity contribution >= 4 is 0 Å². The van der Waals surface area contributed by atoms with Gasteiger partial charge in [0.05, 0.1) is 12.0 Å². The maximum atomic E-state index is 14.2. The Morgan fingerprint density at radius 3 is 2.04 bits per heavy atom. The van der Waals surface area contributed by atoms with Crippen molar-refractivity contribution in [3.8, 4) is 11.5 Å². The Morgan fingerprint density at radius 2 is 1.59 bits per heavy atom. The average molecular weight is 392 g/mol. The first-order valence-electron chi connectivity index (χ1n) is 7.86. The fraction of sp³-hybridized carbons (Fsp3) is 0.333. The molecule has 3 nitrogen and oxygen atoms in total. The molecule has 2 unspecified atom stereocenters. The summed E-state index contributed by atoms with van der Waals surface area (Å²) in [5.41, 5.74) is -4.53. The molecule has 1 saturated heterocycles. The number of benzene rings is 2. The number of phenols is 1. The lowest BCUT2D eigenvalue weighted by atomic mass is 9.75. The highest BCUT2D eigenvalue weighted by molar-refractivity contribution is 5.46. The lowest BCUT2D eigenvalue weighted by molar-refractivity contribution is 0.0754. The Bertz CT molecular complexity index is 822.